The van der Waals surface area contributed by atoms with Gasteiger partial charge in [-0.3, -0.25) is 4.98 Å². The van der Waals surface area contributed by atoms with Gasteiger partial charge in [-0.05, 0) is 29.7 Å². The van der Waals surface area contributed by atoms with Crippen LogP contribution in [0.15, 0.2) is 84.5 Å². The standard InChI is InChI=1S/C22H19N3S/c1-16-12-13-23-14-19(16)20-15-26-22(24-20)25-21(17-8-4-2-5-9-17)18-10-6-3-7-11-18/h2-15,21H,1H3,(H,24,25). The number of hydrogen-bond donors (Lipinski definition) is 1. The lowest BCUT2D eigenvalue weighted by Gasteiger charge is -2.19. The van der Waals surface area contributed by atoms with Crippen LogP contribution in [0.2, 0.25) is 0 Å². The summed E-state index contributed by atoms with van der Waals surface area (Å²) in [5.74, 6) is 0. The Kier molecular flexibility index (Phi) is 4.75. The minimum atomic E-state index is 0.0615. The number of aromatic nitrogens is 2. The van der Waals surface area contributed by atoms with Gasteiger partial charge >= 0.3 is 0 Å². The maximum Gasteiger partial charge on any atom is 0.183 e. The molecule has 0 atom stereocenters. The number of aryl methyl sites for hydroxylation is 1. The van der Waals surface area contributed by atoms with Crippen LogP contribution in [0.4, 0.5) is 5.13 Å². The highest BCUT2D eigenvalue weighted by Crippen LogP contribution is 2.31. The van der Waals surface area contributed by atoms with E-state index in [1.165, 1.54) is 16.7 Å². The lowest BCUT2D eigenvalue weighted by Crippen LogP contribution is -2.12. The highest BCUT2D eigenvalue weighted by atomic mass is 32.1. The predicted octanol–water partition coefficient (Wildman–Crippen LogP) is 5.72. The third-order valence-corrected chi connectivity index (χ3v) is 5.13. The molecule has 26 heavy (non-hydrogen) atoms. The highest BCUT2D eigenvalue weighted by molar-refractivity contribution is 7.14. The summed E-state index contributed by atoms with van der Waals surface area (Å²) in [7, 11) is 0. The molecule has 0 saturated heterocycles. The summed E-state index contributed by atoms with van der Waals surface area (Å²) in [5, 5.41) is 6.59. The van der Waals surface area contributed by atoms with Gasteiger partial charge in [0.15, 0.2) is 5.13 Å². The average Bonchev–Trinajstić information content (AvgIpc) is 3.16. The largest absolute Gasteiger partial charge is 0.351 e. The summed E-state index contributed by atoms with van der Waals surface area (Å²) in [6.07, 6.45) is 3.69. The maximum absolute atomic E-state index is 4.80. The molecule has 4 rings (SSSR count). The zero-order chi connectivity index (χ0) is 17.8. The van der Waals surface area contributed by atoms with Crippen molar-refractivity contribution < 1.29 is 0 Å². The second kappa shape index (κ2) is 7.50. The number of nitrogens with zero attached hydrogens (tertiary/aromatic N) is 2. The first-order chi connectivity index (χ1) is 12.8. The molecule has 0 radical (unpaired) electrons. The van der Waals surface area contributed by atoms with E-state index in [0.29, 0.717) is 0 Å². The van der Waals surface area contributed by atoms with Crippen molar-refractivity contribution in [1.82, 2.24) is 9.97 Å². The second-order valence-electron chi connectivity index (χ2n) is 6.13. The Balaban J connectivity index is 1.66. The quantitative estimate of drug-likeness (QED) is 0.497. The van der Waals surface area contributed by atoms with Gasteiger partial charge in [0.25, 0.3) is 0 Å². The minimum absolute atomic E-state index is 0.0615. The summed E-state index contributed by atoms with van der Waals surface area (Å²) in [6.45, 7) is 2.08. The zero-order valence-electron chi connectivity index (χ0n) is 14.5. The van der Waals surface area contributed by atoms with Crippen LogP contribution < -0.4 is 5.32 Å². The monoisotopic (exact) mass is 357 g/mol. The van der Waals surface area contributed by atoms with Gasteiger partial charge in [0.05, 0.1) is 11.7 Å². The van der Waals surface area contributed by atoms with Gasteiger partial charge in [-0.15, -0.1) is 11.3 Å². The van der Waals surface area contributed by atoms with E-state index in [0.717, 1.165) is 16.4 Å². The topological polar surface area (TPSA) is 37.8 Å². The van der Waals surface area contributed by atoms with Gasteiger partial charge < -0.3 is 5.32 Å². The van der Waals surface area contributed by atoms with E-state index >= 15 is 0 Å². The van der Waals surface area contributed by atoms with E-state index in [9.17, 15) is 0 Å². The molecule has 2 aromatic carbocycles. The van der Waals surface area contributed by atoms with Crippen molar-refractivity contribution in [3.63, 3.8) is 0 Å². The van der Waals surface area contributed by atoms with Crippen LogP contribution in [0, 0.1) is 6.92 Å². The maximum atomic E-state index is 4.80. The first kappa shape index (κ1) is 16.5. The third kappa shape index (κ3) is 3.51. The van der Waals surface area contributed by atoms with E-state index in [1.54, 1.807) is 11.3 Å². The van der Waals surface area contributed by atoms with Gasteiger partial charge in [0.2, 0.25) is 0 Å². The molecule has 2 aromatic heterocycles. The Morgan fingerprint density at radius 2 is 1.54 bits per heavy atom. The normalized spacial score (nSPS) is 10.8. The summed E-state index contributed by atoms with van der Waals surface area (Å²) in [6, 6.07) is 23.0. The molecule has 3 nitrogen and oxygen atoms in total. The van der Waals surface area contributed by atoms with Crippen molar-refractivity contribution in [2.75, 3.05) is 5.32 Å². The van der Waals surface area contributed by atoms with Crippen molar-refractivity contribution in [2.24, 2.45) is 0 Å². The molecule has 0 saturated carbocycles. The molecule has 0 aliphatic heterocycles. The fraction of sp³-hybridized carbons (Fsp3) is 0.0909. The van der Waals surface area contributed by atoms with E-state index in [2.05, 4.69) is 71.1 Å². The molecule has 1 N–H and O–H groups in total. The molecule has 0 unspecified atom stereocenters. The number of anilines is 1. The van der Waals surface area contributed by atoms with Crippen LogP contribution in [0.3, 0.4) is 0 Å². The van der Waals surface area contributed by atoms with Crippen LogP contribution in [-0.4, -0.2) is 9.97 Å². The average molecular weight is 357 g/mol. The fourth-order valence-electron chi connectivity index (χ4n) is 2.97. The number of rotatable bonds is 5. The first-order valence-electron chi connectivity index (χ1n) is 8.54. The van der Waals surface area contributed by atoms with Crippen LogP contribution in [0.5, 0.6) is 0 Å². The van der Waals surface area contributed by atoms with Crippen LogP contribution in [0.25, 0.3) is 11.3 Å². The Morgan fingerprint density at radius 3 is 2.15 bits per heavy atom. The summed E-state index contributed by atoms with van der Waals surface area (Å²) < 4.78 is 0. The highest BCUT2D eigenvalue weighted by Gasteiger charge is 2.16. The van der Waals surface area contributed by atoms with Crippen molar-refractivity contribution in [2.45, 2.75) is 13.0 Å². The van der Waals surface area contributed by atoms with E-state index in [-0.39, 0.29) is 6.04 Å². The lowest BCUT2D eigenvalue weighted by molar-refractivity contribution is 0.935. The molecule has 4 heteroatoms. The van der Waals surface area contributed by atoms with Crippen molar-refractivity contribution >= 4 is 16.5 Å². The van der Waals surface area contributed by atoms with Crippen LogP contribution >= 0.6 is 11.3 Å². The molecule has 0 aliphatic rings. The number of benzene rings is 2. The molecule has 0 fully saturated rings. The molecule has 0 amide bonds. The smallest absolute Gasteiger partial charge is 0.183 e. The molecule has 0 bridgehead atoms. The molecular formula is C22H19N3S. The minimum Gasteiger partial charge on any atom is -0.351 e. The molecule has 0 aliphatic carbocycles. The molecular weight excluding hydrogens is 338 g/mol. The van der Waals surface area contributed by atoms with E-state index in [4.69, 9.17) is 4.98 Å². The molecule has 4 aromatic rings. The van der Waals surface area contributed by atoms with Gasteiger partial charge in [-0.25, -0.2) is 4.98 Å². The van der Waals surface area contributed by atoms with Gasteiger partial charge in [-0.1, -0.05) is 60.7 Å². The van der Waals surface area contributed by atoms with Crippen molar-refractivity contribution in [3.8, 4) is 11.3 Å². The van der Waals surface area contributed by atoms with Crippen LogP contribution in [-0.2, 0) is 0 Å². The SMILES string of the molecule is Cc1ccncc1-c1csc(NC(c2ccccc2)c2ccccc2)n1. The van der Waals surface area contributed by atoms with Gasteiger partial charge in [0, 0.05) is 23.3 Å². The van der Waals surface area contributed by atoms with Gasteiger partial charge in [0.1, 0.15) is 0 Å². The summed E-state index contributed by atoms with van der Waals surface area (Å²) in [4.78, 5) is 9.03. The predicted molar refractivity (Wildman–Crippen MR) is 108 cm³/mol. The summed E-state index contributed by atoms with van der Waals surface area (Å²) >= 11 is 1.62. The lowest BCUT2D eigenvalue weighted by atomic mass is 9.99. The Morgan fingerprint density at radius 1 is 0.885 bits per heavy atom. The van der Waals surface area contributed by atoms with Crippen LogP contribution in [0.1, 0.15) is 22.7 Å². The Bertz CT molecular complexity index is 941. The van der Waals surface area contributed by atoms with E-state index < -0.39 is 0 Å². The Hall–Kier alpha value is -2.98. The van der Waals surface area contributed by atoms with Crippen molar-refractivity contribution in [1.29, 1.82) is 0 Å². The second-order valence-corrected chi connectivity index (χ2v) is 6.99. The number of hydrogen-bond acceptors (Lipinski definition) is 4. The molecule has 0 spiro atoms. The van der Waals surface area contributed by atoms with Crippen molar-refractivity contribution in [3.05, 3.63) is 101 Å². The zero-order valence-corrected chi connectivity index (χ0v) is 15.3. The fourth-order valence-corrected chi connectivity index (χ4v) is 3.71. The molecule has 128 valence electrons. The van der Waals surface area contributed by atoms with Gasteiger partial charge in [-0.2, -0.15) is 0 Å². The van der Waals surface area contributed by atoms with E-state index in [1.807, 2.05) is 30.6 Å². The summed E-state index contributed by atoms with van der Waals surface area (Å²) in [5.41, 5.74) is 5.65. The Labute approximate surface area is 157 Å². The number of nitrogens with one attached hydrogen (secondary N) is 1. The number of pyridine rings is 1. The first-order valence-corrected chi connectivity index (χ1v) is 9.42. The third-order valence-electron chi connectivity index (χ3n) is 4.35. The number of thiazole rings is 1. The molecule has 2 heterocycles.